The Morgan fingerprint density at radius 2 is 2.53 bits per heavy atom. The lowest BCUT2D eigenvalue weighted by atomic mass is 10.2. The minimum atomic E-state index is -0.107. The number of thioether (sulfide) groups is 1. The minimum absolute atomic E-state index is 0.0411. The van der Waals surface area contributed by atoms with E-state index in [0.717, 1.165) is 5.75 Å². The number of carbonyl (C=O) groups excluding carboxylic acids is 1. The Kier molecular flexibility index (Phi) is 5.39. The molecule has 1 N–H and O–H groups in total. The predicted octanol–water partition coefficient (Wildman–Crippen LogP) is 2.03. The zero-order valence-electron chi connectivity index (χ0n) is 9.74. The second-order valence-electron chi connectivity index (χ2n) is 3.55. The Morgan fingerprint density at radius 1 is 1.82 bits per heavy atom. The van der Waals surface area contributed by atoms with Gasteiger partial charge in [0, 0.05) is 11.7 Å². The van der Waals surface area contributed by atoms with Gasteiger partial charge in [-0.05, 0) is 6.26 Å². The van der Waals surface area contributed by atoms with E-state index in [1.54, 1.807) is 11.8 Å². The van der Waals surface area contributed by atoms with Crippen molar-refractivity contribution in [2.24, 2.45) is 5.92 Å². The fourth-order valence-corrected chi connectivity index (χ4v) is 2.25. The second-order valence-corrected chi connectivity index (χ2v) is 4.84. The molecule has 0 saturated heterocycles. The summed E-state index contributed by atoms with van der Waals surface area (Å²) in [6.07, 6.45) is 8.74. The summed E-state index contributed by atoms with van der Waals surface area (Å²) >= 11 is 7.53. The van der Waals surface area contributed by atoms with E-state index in [1.807, 2.05) is 13.2 Å². The molecule has 17 heavy (non-hydrogen) atoms. The fraction of sp³-hybridized carbons (Fsp3) is 0.455. The summed E-state index contributed by atoms with van der Waals surface area (Å²) in [6.45, 7) is 2.06. The molecule has 6 heteroatoms. The lowest BCUT2D eigenvalue weighted by molar-refractivity contribution is -0.121. The van der Waals surface area contributed by atoms with Crippen LogP contribution in [0.3, 0.4) is 0 Å². The number of terminal acetylenes is 1. The van der Waals surface area contributed by atoms with Crippen LogP contribution >= 0.6 is 23.4 Å². The van der Waals surface area contributed by atoms with Crippen molar-refractivity contribution in [2.75, 3.05) is 23.5 Å². The van der Waals surface area contributed by atoms with Gasteiger partial charge in [-0.3, -0.25) is 14.8 Å². The van der Waals surface area contributed by atoms with Crippen LogP contribution in [0.2, 0.25) is 5.15 Å². The SMILES string of the molecule is C#CCN(C(=O)C(C)CSC)c1cn[nH]c1Cl. The average molecular weight is 272 g/mol. The molecule has 1 amide bonds. The topological polar surface area (TPSA) is 49.0 Å². The molecule has 0 spiro atoms. The van der Waals surface area contributed by atoms with Gasteiger partial charge in [0.1, 0.15) is 10.8 Å². The Labute approximate surface area is 110 Å². The zero-order valence-corrected chi connectivity index (χ0v) is 11.3. The number of nitrogens with one attached hydrogen (secondary N) is 1. The molecule has 1 heterocycles. The highest BCUT2D eigenvalue weighted by molar-refractivity contribution is 7.98. The van der Waals surface area contributed by atoms with Crippen LogP contribution in [0.25, 0.3) is 0 Å². The van der Waals surface area contributed by atoms with Gasteiger partial charge in [0.05, 0.1) is 12.7 Å². The van der Waals surface area contributed by atoms with Crippen LogP contribution in [0, 0.1) is 18.3 Å². The number of rotatable bonds is 5. The van der Waals surface area contributed by atoms with E-state index in [9.17, 15) is 4.79 Å². The van der Waals surface area contributed by atoms with Gasteiger partial charge in [-0.25, -0.2) is 0 Å². The summed E-state index contributed by atoms with van der Waals surface area (Å²) in [4.78, 5) is 13.7. The monoisotopic (exact) mass is 271 g/mol. The maximum atomic E-state index is 12.2. The van der Waals surface area contributed by atoms with Crippen molar-refractivity contribution in [1.82, 2.24) is 10.2 Å². The van der Waals surface area contributed by atoms with E-state index in [4.69, 9.17) is 18.0 Å². The van der Waals surface area contributed by atoms with Crippen LogP contribution in [0.4, 0.5) is 5.69 Å². The Morgan fingerprint density at radius 3 is 3.00 bits per heavy atom. The molecule has 0 saturated carbocycles. The maximum Gasteiger partial charge on any atom is 0.231 e. The Bertz CT molecular complexity index is 427. The number of aromatic nitrogens is 2. The largest absolute Gasteiger partial charge is 0.296 e. The van der Waals surface area contributed by atoms with E-state index in [1.165, 1.54) is 11.1 Å². The molecule has 1 aromatic rings. The van der Waals surface area contributed by atoms with E-state index in [-0.39, 0.29) is 18.4 Å². The van der Waals surface area contributed by atoms with E-state index < -0.39 is 0 Å². The first kappa shape index (κ1) is 13.9. The van der Waals surface area contributed by atoms with Gasteiger partial charge in [0.15, 0.2) is 0 Å². The molecular formula is C11H14ClN3OS. The van der Waals surface area contributed by atoms with Crippen molar-refractivity contribution in [1.29, 1.82) is 0 Å². The standard InChI is InChI=1S/C11H14ClN3OS/c1-4-5-15(9-6-13-14-10(9)12)11(16)8(2)7-17-3/h1,6,8H,5,7H2,2-3H3,(H,13,14). The molecular weight excluding hydrogens is 258 g/mol. The van der Waals surface area contributed by atoms with Gasteiger partial charge in [-0.2, -0.15) is 16.9 Å². The van der Waals surface area contributed by atoms with Gasteiger partial charge < -0.3 is 0 Å². The van der Waals surface area contributed by atoms with E-state index >= 15 is 0 Å². The highest BCUT2D eigenvalue weighted by Gasteiger charge is 2.23. The molecule has 0 radical (unpaired) electrons. The van der Waals surface area contributed by atoms with Gasteiger partial charge in [-0.15, -0.1) is 6.42 Å². The molecule has 0 fully saturated rings. The van der Waals surface area contributed by atoms with Crippen molar-refractivity contribution in [2.45, 2.75) is 6.92 Å². The number of hydrogen-bond donors (Lipinski definition) is 1. The van der Waals surface area contributed by atoms with Gasteiger partial charge >= 0.3 is 0 Å². The molecule has 1 atom stereocenters. The third-order valence-corrected chi connectivity index (χ3v) is 3.33. The first-order chi connectivity index (χ1) is 8.11. The molecule has 0 aliphatic heterocycles. The average Bonchev–Trinajstić information content (AvgIpc) is 2.72. The summed E-state index contributed by atoms with van der Waals surface area (Å²) in [6, 6.07) is 0. The summed E-state index contributed by atoms with van der Waals surface area (Å²) in [7, 11) is 0. The summed E-state index contributed by atoms with van der Waals surface area (Å²) < 4.78 is 0. The predicted molar refractivity (Wildman–Crippen MR) is 72.3 cm³/mol. The quantitative estimate of drug-likeness (QED) is 0.834. The maximum absolute atomic E-state index is 12.2. The van der Waals surface area contributed by atoms with E-state index in [2.05, 4.69) is 16.1 Å². The van der Waals surface area contributed by atoms with Crippen LogP contribution in [0.5, 0.6) is 0 Å². The van der Waals surface area contributed by atoms with Gasteiger partial charge in [-0.1, -0.05) is 24.4 Å². The first-order valence-electron chi connectivity index (χ1n) is 5.04. The molecule has 0 aromatic carbocycles. The third kappa shape index (κ3) is 3.42. The molecule has 4 nitrogen and oxygen atoms in total. The van der Waals surface area contributed by atoms with Crippen molar-refractivity contribution >= 4 is 35.0 Å². The lowest BCUT2D eigenvalue weighted by Crippen LogP contribution is -2.36. The summed E-state index contributed by atoms with van der Waals surface area (Å²) in [5, 5.41) is 6.69. The van der Waals surface area contributed by atoms with Crippen LogP contribution in [-0.4, -0.2) is 34.7 Å². The number of halogens is 1. The number of hydrogen-bond acceptors (Lipinski definition) is 3. The molecule has 0 aliphatic rings. The third-order valence-electron chi connectivity index (χ3n) is 2.22. The molecule has 1 unspecified atom stereocenters. The Balaban J connectivity index is 2.91. The number of anilines is 1. The minimum Gasteiger partial charge on any atom is -0.296 e. The van der Waals surface area contributed by atoms with E-state index in [0.29, 0.717) is 10.8 Å². The van der Waals surface area contributed by atoms with Crippen LogP contribution < -0.4 is 4.90 Å². The van der Waals surface area contributed by atoms with Crippen molar-refractivity contribution in [3.63, 3.8) is 0 Å². The lowest BCUT2D eigenvalue weighted by Gasteiger charge is -2.22. The highest BCUT2D eigenvalue weighted by Crippen LogP contribution is 2.24. The van der Waals surface area contributed by atoms with Crippen molar-refractivity contribution < 1.29 is 4.79 Å². The smallest absolute Gasteiger partial charge is 0.231 e. The number of amides is 1. The fourth-order valence-electron chi connectivity index (χ4n) is 1.41. The molecule has 92 valence electrons. The Hall–Kier alpha value is -1.12. The number of nitrogens with zero attached hydrogens (tertiary/aromatic N) is 2. The van der Waals surface area contributed by atoms with Crippen molar-refractivity contribution in [3.8, 4) is 12.3 Å². The summed E-state index contributed by atoms with van der Waals surface area (Å²) in [5.74, 6) is 3.06. The van der Waals surface area contributed by atoms with Crippen LogP contribution in [-0.2, 0) is 4.79 Å². The second kappa shape index (κ2) is 6.58. The summed E-state index contributed by atoms with van der Waals surface area (Å²) in [5.41, 5.74) is 0.530. The zero-order chi connectivity index (χ0) is 12.8. The number of aromatic amines is 1. The van der Waals surface area contributed by atoms with Gasteiger partial charge in [0.2, 0.25) is 5.91 Å². The highest BCUT2D eigenvalue weighted by atomic mass is 35.5. The van der Waals surface area contributed by atoms with Crippen LogP contribution in [0.1, 0.15) is 6.92 Å². The molecule has 0 aliphatic carbocycles. The number of carbonyl (C=O) groups is 1. The molecule has 0 bridgehead atoms. The normalized spacial score (nSPS) is 11.9. The number of H-pyrrole nitrogens is 1. The molecule has 1 rings (SSSR count). The molecule has 1 aromatic heterocycles. The first-order valence-corrected chi connectivity index (χ1v) is 6.81. The van der Waals surface area contributed by atoms with Gasteiger partial charge in [0.25, 0.3) is 0 Å². The van der Waals surface area contributed by atoms with Crippen molar-refractivity contribution in [3.05, 3.63) is 11.3 Å². The van der Waals surface area contributed by atoms with Crippen LogP contribution in [0.15, 0.2) is 6.20 Å².